The van der Waals surface area contributed by atoms with E-state index >= 15 is 0 Å². The molecule has 1 saturated carbocycles. The van der Waals surface area contributed by atoms with Gasteiger partial charge < -0.3 is 10.6 Å². The van der Waals surface area contributed by atoms with Crippen molar-refractivity contribution in [2.24, 2.45) is 5.92 Å². The van der Waals surface area contributed by atoms with Crippen LogP contribution in [0.1, 0.15) is 32.6 Å². The van der Waals surface area contributed by atoms with Gasteiger partial charge in [0.1, 0.15) is 12.1 Å². The van der Waals surface area contributed by atoms with Crippen molar-refractivity contribution in [3.63, 3.8) is 0 Å². The second-order valence-electron chi connectivity index (χ2n) is 6.97. The predicted molar refractivity (Wildman–Crippen MR) is 98.9 cm³/mol. The van der Waals surface area contributed by atoms with Crippen molar-refractivity contribution in [2.75, 3.05) is 11.9 Å². The Balaban J connectivity index is 1.47. The maximum atomic E-state index is 12.9. The van der Waals surface area contributed by atoms with Gasteiger partial charge in [0.05, 0.1) is 10.2 Å². The average Bonchev–Trinajstić information content (AvgIpc) is 3.12. The van der Waals surface area contributed by atoms with Gasteiger partial charge in [0.15, 0.2) is 5.13 Å². The van der Waals surface area contributed by atoms with Crippen molar-refractivity contribution in [3.8, 4) is 0 Å². The molecule has 1 saturated heterocycles. The SMILES string of the molecule is CC1CCCCC12NC(=O)N(CC(=O)Nc1nc3ccccc3s1)C2=O. The molecule has 0 radical (unpaired) electrons. The number of imide groups is 1. The van der Waals surface area contributed by atoms with Crippen molar-refractivity contribution in [2.45, 2.75) is 38.1 Å². The van der Waals surface area contributed by atoms with Crippen LogP contribution in [-0.4, -0.2) is 39.8 Å². The van der Waals surface area contributed by atoms with E-state index in [-0.39, 0.29) is 18.4 Å². The lowest BCUT2D eigenvalue weighted by Crippen LogP contribution is -2.54. The number of urea groups is 1. The lowest BCUT2D eigenvalue weighted by Gasteiger charge is -2.36. The van der Waals surface area contributed by atoms with Gasteiger partial charge in [-0.1, -0.05) is 43.2 Å². The fraction of sp³-hybridized carbons (Fsp3) is 0.444. The second-order valence-corrected chi connectivity index (χ2v) is 8.01. The molecule has 1 aromatic carbocycles. The average molecular weight is 372 g/mol. The Morgan fingerprint density at radius 1 is 1.38 bits per heavy atom. The van der Waals surface area contributed by atoms with Gasteiger partial charge in [-0.2, -0.15) is 0 Å². The number of nitrogens with zero attached hydrogens (tertiary/aromatic N) is 2. The zero-order valence-electron chi connectivity index (χ0n) is 14.4. The Morgan fingerprint density at radius 2 is 2.19 bits per heavy atom. The highest BCUT2D eigenvalue weighted by atomic mass is 32.1. The molecule has 1 aliphatic heterocycles. The predicted octanol–water partition coefficient (Wildman–Crippen LogP) is 2.74. The van der Waals surface area contributed by atoms with Gasteiger partial charge in [-0.05, 0) is 30.9 Å². The standard InChI is InChI=1S/C18H20N4O3S/c1-11-6-4-5-9-18(11)15(24)22(17(25)21-18)10-14(23)20-16-19-12-7-2-3-8-13(12)26-16/h2-3,7-8,11H,4-6,9-10H2,1H3,(H,21,25)(H,19,20,23). The lowest BCUT2D eigenvalue weighted by molar-refractivity contribution is -0.136. The summed E-state index contributed by atoms with van der Waals surface area (Å²) in [7, 11) is 0. The molecule has 2 fully saturated rings. The third-order valence-corrected chi connectivity index (χ3v) is 6.30. The molecule has 26 heavy (non-hydrogen) atoms. The maximum absolute atomic E-state index is 12.9. The highest BCUT2D eigenvalue weighted by Crippen LogP contribution is 2.38. The zero-order chi connectivity index (χ0) is 18.3. The zero-order valence-corrected chi connectivity index (χ0v) is 15.3. The number of rotatable bonds is 3. The van der Waals surface area contributed by atoms with E-state index < -0.39 is 17.5 Å². The molecule has 136 valence electrons. The summed E-state index contributed by atoms with van der Waals surface area (Å²) in [6.45, 7) is 1.69. The van der Waals surface area contributed by atoms with Crippen LogP contribution >= 0.6 is 11.3 Å². The number of thiazole rings is 1. The van der Waals surface area contributed by atoms with E-state index in [1.165, 1.54) is 11.3 Å². The van der Waals surface area contributed by atoms with Gasteiger partial charge in [0.25, 0.3) is 5.91 Å². The van der Waals surface area contributed by atoms with Gasteiger partial charge in [-0.15, -0.1) is 0 Å². The molecule has 1 spiro atoms. The third kappa shape index (κ3) is 2.74. The number of aromatic nitrogens is 1. The molecule has 2 aromatic rings. The van der Waals surface area contributed by atoms with Crippen LogP contribution in [0.25, 0.3) is 10.2 Å². The fourth-order valence-electron chi connectivity index (χ4n) is 3.87. The van der Waals surface area contributed by atoms with Crippen molar-refractivity contribution in [1.82, 2.24) is 15.2 Å². The topological polar surface area (TPSA) is 91.4 Å². The second kappa shape index (κ2) is 6.35. The van der Waals surface area contributed by atoms with Gasteiger partial charge in [-0.25, -0.2) is 9.78 Å². The smallest absolute Gasteiger partial charge is 0.323 e. The molecule has 4 amide bonds. The number of hydrogen-bond acceptors (Lipinski definition) is 5. The molecule has 2 N–H and O–H groups in total. The third-order valence-electron chi connectivity index (χ3n) is 5.34. The highest BCUT2D eigenvalue weighted by Gasteiger charge is 2.55. The minimum Gasteiger partial charge on any atom is -0.323 e. The summed E-state index contributed by atoms with van der Waals surface area (Å²) in [6.07, 6.45) is 3.50. The van der Waals surface area contributed by atoms with Crippen LogP contribution in [0.2, 0.25) is 0 Å². The number of fused-ring (bicyclic) bond motifs is 1. The first-order valence-corrected chi connectivity index (χ1v) is 9.61. The summed E-state index contributed by atoms with van der Waals surface area (Å²) >= 11 is 1.36. The van der Waals surface area contributed by atoms with Crippen LogP contribution in [0.3, 0.4) is 0 Å². The molecular weight excluding hydrogens is 352 g/mol. The lowest BCUT2D eigenvalue weighted by atomic mass is 9.73. The van der Waals surface area contributed by atoms with E-state index in [0.29, 0.717) is 11.6 Å². The molecule has 2 heterocycles. The van der Waals surface area contributed by atoms with Crippen LogP contribution < -0.4 is 10.6 Å². The Hall–Kier alpha value is -2.48. The Bertz CT molecular complexity index is 862. The molecule has 2 aliphatic rings. The first-order valence-electron chi connectivity index (χ1n) is 8.79. The van der Waals surface area contributed by atoms with Crippen molar-refractivity contribution in [3.05, 3.63) is 24.3 Å². The largest absolute Gasteiger partial charge is 0.325 e. The van der Waals surface area contributed by atoms with Crippen molar-refractivity contribution in [1.29, 1.82) is 0 Å². The van der Waals surface area contributed by atoms with Crippen LogP contribution in [0, 0.1) is 5.92 Å². The molecule has 4 rings (SSSR count). The summed E-state index contributed by atoms with van der Waals surface area (Å²) in [5.74, 6) is -0.632. The van der Waals surface area contributed by atoms with E-state index in [2.05, 4.69) is 15.6 Å². The Labute approximate surface area is 154 Å². The van der Waals surface area contributed by atoms with Crippen LogP contribution in [0.4, 0.5) is 9.93 Å². The van der Waals surface area contributed by atoms with Crippen molar-refractivity contribution < 1.29 is 14.4 Å². The van der Waals surface area contributed by atoms with Gasteiger partial charge in [0.2, 0.25) is 5.91 Å². The molecule has 7 nitrogen and oxygen atoms in total. The summed E-state index contributed by atoms with van der Waals surface area (Å²) in [6, 6.07) is 7.10. The number of anilines is 1. The van der Waals surface area contributed by atoms with Crippen LogP contribution in [0.15, 0.2) is 24.3 Å². The first kappa shape index (κ1) is 17.0. The number of amides is 4. The molecule has 2 atom stereocenters. The molecule has 2 unspecified atom stereocenters. The Morgan fingerprint density at radius 3 is 2.96 bits per heavy atom. The number of carbonyl (C=O) groups is 3. The van der Waals surface area contributed by atoms with E-state index in [1.807, 2.05) is 31.2 Å². The van der Waals surface area contributed by atoms with Crippen LogP contribution in [0.5, 0.6) is 0 Å². The van der Waals surface area contributed by atoms with E-state index in [4.69, 9.17) is 0 Å². The number of carbonyl (C=O) groups excluding carboxylic acids is 3. The van der Waals surface area contributed by atoms with E-state index in [0.717, 1.165) is 34.4 Å². The maximum Gasteiger partial charge on any atom is 0.325 e. The van der Waals surface area contributed by atoms with Crippen molar-refractivity contribution >= 4 is 44.5 Å². The first-order chi connectivity index (χ1) is 12.5. The van der Waals surface area contributed by atoms with Gasteiger partial charge in [0, 0.05) is 0 Å². The highest BCUT2D eigenvalue weighted by molar-refractivity contribution is 7.22. The normalized spacial score (nSPS) is 25.7. The Kier molecular flexibility index (Phi) is 4.14. The van der Waals surface area contributed by atoms with Gasteiger partial charge in [-0.3, -0.25) is 14.5 Å². The van der Waals surface area contributed by atoms with E-state index in [9.17, 15) is 14.4 Å². The molecular formula is C18H20N4O3S. The van der Waals surface area contributed by atoms with Crippen LogP contribution in [-0.2, 0) is 9.59 Å². The molecule has 1 aromatic heterocycles. The number of benzene rings is 1. The fourth-order valence-corrected chi connectivity index (χ4v) is 4.75. The molecule has 8 heteroatoms. The number of hydrogen-bond donors (Lipinski definition) is 2. The monoisotopic (exact) mass is 372 g/mol. The van der Waals surface area contributed by atoms with Gasteiger partial charge >= 0.3 is 6.03 Å². The minimum absolute atomic E-state index is 0.0741. The summed E-state index contributed by atoms with van der Waals surface area (Å²) in [4.78, 5) is 43.0. The molecule has 0 bridgehead atoms. The summed E-state index contributed by atoms with van der Waals surface area (Å²) < 4.78 is 0.966. The quantitative estimate of drug-likeness (QED) is 0.811. The number of nitrogens with one attached hydrogen (secondary N) is 2. The number of para-hydroxylation sites is 1. The summed E-state index contributed by atoms with van der Waals surface area (Å²) in [5, 5.41) is 6.01. The van der Waals surface area contributed by atoms with E-state index in [1.54, 1.807) is 0 Å². The summed E-state index contributed by atoms with van der Waals surface area (Å²) in [5.41, 5.74) is -0.0383. The molecule has 1 aliphatic carbocycles. The minimum atomic E-state index is -0.842.